The number of aromatic nitrogens is 3. The fraction of sp³-hybridized carbons (Fsp3) is 0.381. The minimum atomic E-state index is 0.366. The zero-order valence-electron chi connectivity index (χ0n) is 15.4. The first-order valence-corrected chi connectivity index (χ1v) is 9.26. The van der Waals surface area contributed by atoms with Gasteiger partial charge in [-0.1, -0.05) is 12.0 Å². The molecule has 1 aliphatic rings. The zero-order valence-corrected chi connectivity index (χ0v) is 15.4. The number of hydrogen-bond acceptors (Lipinski definition) is 5. The van der Waals surface area contributed by atoms with Crippen LogP contribution < -0.4 is 4.90 Å². The summed E-state index contributed by atoms with van der Waals surface area (Å²) in [5, 5.41) is 11.0. The highest BCUT2D eigenvalue weighted by molar-refractivity contribution is 6.11. The van der Waals surface area contributed by atoms with Crippen LogP contribution in [-0.4, -0.2) is 52.6 Å². The Kier molecular flexibility index (Phi) is 4.66. The predicted molar refractivity (Wildman–Crippen MR) is 107 cm³/mol. The van der Waals surface area contributed by atoms with Crippen LogP contribution in [-0.2, 0) is 0 Å². The lowest BCUT2D eigenvalue weighted by molar-refractivity contribution is 0.210. The number of H-pyrrole nitrogens is 1. The highest BCUT2D eigenvalue weighted by Crippen LogP contribution is 2.32. The molecule has 0 spiro atoms. The van der Waals surface area contributed by atoms with Crippen LogP contribution in [0.15, 0.2) is 24.5 Å². The topological polar surface area (TPSA) is 71.8 Å². The van der Waals surface area contributed by atoms with Gasteiger partial charge in [0, 0.05) is 49.1 Å². The first kappa shape index (κ1) is 17.3. The highest BCUT2D eigenvalue weighted by atomic mass is 15.3. The van der Waals surface area contributed by atoms with Crippen molar-refractivity contribution in [1.82, 2.24) is 19.9 Å². The zero-order chi connectivity index (χ0) is 18.8. The van der Waals surface area contributed by atoms with Gasteiger partial charge in [-0.25, -0.2) is 9.97 Å². The van der Waals surface area contributed by atoms with Crippen molar-refractivity contribution < 1.29 is 0 Å². The van der Waals surface area contributed by atoms with Gasteiger partial charge in [-0.2, -0.15) is 5.26 Å². The normalized spacial score (nSPS) is 17.7. The molecule has 3 aromatic rings. The Morgan fingerprint density at radius 2 is 2.30 bits per heavy atom. The number of nitrogens with zero attached hydrogens (tertiary/aromatic N) is 5. The number of rotatable bonds is 4. The summed E-state index contributed by atoms with van der Waals surface area (Å²) in [5.74, 6) is 3.62. The molecule has 0 unspecified atom stereocenters. The summed E-state index contributed by atoms with van der Waals surface area (Å²) in [4.78, 5) is 17.1. The minimum Gasteiger partial charge on any atom is -0.355 e. The van der Waals surface area contributed by atoms with Gasteiger partial charge in [0.2, 0.25) is 0 Å². The molecule has 6 nitrogen and oxygen atoms in total. The van der Waals surface area contributed by atoms with Gasteiger partial charge in [0.15, 0.2) is 0 Å². The Hall–Kier alpha value is -3.09. The van der Waals surface area contributed by atoms with Gasteiger partial charge in [0.05, 0.1) is 11.5 Å². The van der Waals surface area contributed by atoms with Crippen molar-refractivity contribution in [3.05, 3.63) is 30.1 Å². The monoisotopic (exact) mass is 358 g/mol. The van der Waals surface area contributed by atoms with Crippen LogP contribution in [0, 0.1) is 23.7 Å². The summed E-state index contributed by atoms with van der Waals surface area (Å²) in [7, 11) is 2.11. The summed E-state index contributed by atoms with van der Waals surface area (Å²) in [6.45, 7) is 2.85. The molecule has 0 amide bonds. The summed E-state index contributed by atoms with van der Waals surface area (Å²) >= 11 is 0. The first-order chi connectivity index (χ1) is 13.2. The highest BCUT2D eigenvalue weighted by Gasteiger charge is 2.25. The van der Waals surface area contributed by atoms with E-state index in [1.165, 1.54) is 0 Å². The molecule has 27 heavy (non-hydrogen) atoms. The van der Waals surface area contributed by atoms with Crippen LogP contribution in [0.4, 0.5) is 5.82 Å². The Morgan fingerprint density at radius 1 is 1.41 bits per heavy atom. The fourth-order valence-electron chi connectivity index (χ4n) is 4.00. The van der Waals surface area contributed by atoms with Gasteiger partial charge in [0.1, 0.15) is 17.8 Å². The van der Waals surface area contributed by atoms with E-state index in [2.05, 4.69) is 43.8 Å². The van der Waals surface area contributed by atoms with Crippen LogP contribution in [0.5, 0.6) is 0 Å². The Bertz CT molecular complexity index is 1050. The Balaban J connectivity index is 1.70. The van der Waals surface area contributed by atoms with Crippen LogP contribution in [0.1, 0.15) is 24.8 Å². The van der Waals surface area contributed by atoms with Crippen LogP contribution in [0.2, 0.25) is 0 Å². The number of likely N-dealkylation sites (N-methyl/N-ethyl adjacent to an activating group) is 1. The lowest BCUT2D eigenvalue weighted by atomic mass is 10.0. The van der Waals surface area contributed by atoms with Crippen molar-refractivity contribution in [3.63, 3.8) is 0 Å². The Labute approximate surface area is 158 Å². The third kappa shape index (κ3) is 3.20. The number of benzene rings is 1. The van der Waals surface area contributed by atoms with E-state index in [0.717, 1.165) is 65.8 Å². The van der Waals surface area contributed by atoms with Gasteiger partial charge in [-0.15, -0.1) is 6.42 Å². The second kappa shape index (κ2) is 7.26. The average Bonchev–Trinajstić information content (AvgIpc) is 3.09. The number of nitriles is 1. The molecule has 1 N–H and O–H groups in total. The molecule has 3 heterocycles. The summed E-state index contributed by atoms with van der Waals surface area (Å²) in [6.07, 6.45) is 9.98. The van der Waals surface area contributed by atoms with Crippen LogP contribution in [0.25, 0.3) is 21.9 Å². The average molecular weight is 358 g/mol. The van der Waals surface area contributed by atoms with E-state index in [-0.39, 0.29) is 0 Å². The van der Waals surface area contributed by atoms with E-state index >= 15 is 0 Å². The molecular weight excluding hydrogens is 336 g/mol. The lowest BCUT2D eigenvalue weighted by Gasteiger charge is -2.38. The second-order valence-electron chi connectivity index (χ2n) is 7.07. The fourth-order valence-corrected chi connectivity index (χ4v) is 4.00. The number of terminal acetylenes is 1. The molecule has 6 heteroatoms. The molecule has 0 aliphatic carbocycles. The van der Waals surface area contributed by atoms with Gasteiger partial charge in [0.25, 0.3) is 0 Å². The smallest absolute Gasteiger partial charge is 0.143 e. The number of likely N-dealkylation sites (tertiary alicyclic amines) is 1. The maximum Gasteiger partial charge on any atom is 0.143 e. The molecule has 1 saturated heterocycles. The molecule has 4 rings (SSSR count). The second-order valence-corrected chi connectivity index (χ2v) is 7.07. The number of aromatic amines is 1. The third-order valence-electron chi connectivity index (χ3n) is 5.44. The number of piperidine rings is 1. The van der Waals surface area contributed by atoms with E-state index in [0.29, 0.717) is 12.5 Å². The van der Waals surface area contributed by atoms with E-state index in [4.69, 9.17) is 11.7 Å². The van der Waals surface area contributed by atoms with Gasteiger partial charge < -0.3 is 14.8 Å². The van der Waals surface area contributed by atoms with Crippen molar-refractivity contribution in [3.8, 4) is 18.4 Å². The maximum absolute atomic E-state index is 8.86. The number of nitrogens with one attached hydrogen (secondary N) is 1. The van der Waals surface area contributed by atoms with E-state index in [9.17, 15) is 0 Å². The van der Waals surface area contributed by atoms with Crippen molar-refractivity contribution in [2.45, 2.75) is 25.3 Å². The molecule has 0 saturated carbocycles. The van der Waals surface area contributed by atoms with Crippen molar-refractivity contribution in [2.24, 2.45) is 0 Å². The lowest BCUT2D eigenvalue weighted by Crippen LogP contribution is -2.47. The number of fused-ring (bicyclic) bond motifs is 3. The predicted octanol–water partition coefficient (Wildman–Crippen LogP) is 2.91. The largest absolute Gasteiger partial charge is 0.355 e. The van der Waals surface area contributed by atoms with Crippen molar-refractivity contribution >= 4 is 27.8 Å². The SMILES string of the molecule is C#Cc1ccc2c(c1)[nH]c1ncnc(N(C)[C@H]3CCCN(CCC#N)C3)c12. The van der Waals surface area contributed by atoms with Crippen molar-refractivity contribution in [2.75, 3.05) is 31.6 Å². The molecule has 1 fully saturated rings. The number of hydrogen-bond donors (Lipinski definition) is 1. The molecule has 0 bridgehead atoms. The molecular formula is C21H22N6. The van der Waals surface area contributed by atoms with Gasteiger partial charge in [-0.05, 0) is 31.5 Å². The van der Waals surface area contributed by atoms with E-state index < -0.39 is 0 Å². The maximum atomic E-state index is 8.86. The van der Waals surface area contributed by atoms with Crippen LogP contribution >= 0.6 is 0 Å². The molecule has 1 aliphatic heterocycles. The molecule has 0 radical (unpaired) electrons. The molecule has 2 aromatic heterocycles. The standard InChI is InChI=1S/C21H22N6/c1-3-15-7-8-17-18(12-15)25-20-19(17)21(24-14-23-20)26(2)16-6-4-10-27(13-16)11-5-9-22/h1,7-8,12,14,16H,4-6,10-11,13H2,2H3,(H,23,24,25)/t16-/m0/s1. The quantitative estimate of drug-likeness (QED) is 0.726. The van der Waals surface area contributed by atoms with Crippen LogP contribution in [0.3, 0.4) is 0 Å². The minimum absolute atomic E-state index is 0.366. The van der Waals surface area contributed by atoms with Gasteiger partial charge >= 0.3 is 0 Å². The number of anilines is 1. The summed E-state index contributed by atoms with van der Waals surface area (Å²) < 4.78 is 0. The van der Waals surface area contributed by atoms with Crippen molar-refractivity contribution in [1.29, 1.82) is 5.26 Å². The summed E-state index contributed by atoms with van der Waals surface area (Å²) in [5.41, 5.74) is 2.65. The van der Waals surface area contributed by atoms with E-state index in [1.54, 1.807) is 6.33 Å². The van der Waals surface area contributed by atoms with E-state index in [1.807, 2.05) is 18.2 Å². The third-order valence-corrected chi connectivity index (χ3v) is 5.44. The molecule has 1 aromatic carbocycles. The summed E-state index contributed by atoms with van der Waals surface area (Å²) in [6, 6.07) is 8.59. The Morgan fingerprint density at radius 3 is 3.11 bits per heavy atom. The molecule has 1 atom stereocenters. The van der Waals surface area contributed by atoms with Gasteiger partial charge in [-0.3, -0.25) is 0 Å². The first-order valence-electron chi connectivity index (χ1n) is 9.26. The molecule has 136 valence electrons.